The van der Waals surface area contributed by atoms with E-state index in [1.807, 2.05) is 70.5 Å². The Labute approximate surface area is 194 Å². The van der Waals surface area contributed by atoms with Crippen molar-refractivity contribution in [2.24, 2.45) is 11.5 Å². The van der Waals surface area contributed by atoms with E-state index in [4.69, 9.17) is 22.3 Å². The standard InChI is InChI=1S/C20H28N6S4/c1-3-17(25(19(21)22)15-11-7-5-8-12-15)27-29-30-28-18(4-2)26(20(23)24)16-13-9-6-10-14-16/h5-14,17-18H,3-4H2,1-2H3,(H3,21,22)(H3,23,24). The van der Waals surface area contributed by atoms with E-state index < -0.39 is 0 Å². The van der Waals surface area contributed by atoms with Gasteiger partial charge in [-0.3, -0.25) is 20.6 Å². The molecule has 0 saturated heterocycles. The number of hydrogen-bond acceptors (Lipinski definition) is 6. The van der Waals surface area contributed by atoms with Crippen molar-refractivity contribution in [3.8, 4) is 0 Å². The first-order chi connectivity index (χ1) is 14.5. The van der Waals surface area contributed by atoms with Crippen LogP contribution in [0.15, 0.2) is 60.7 Å². The molecular weight excluding hydrogens is 453 g/mol. The maximum absolute atomic E-state index is 8.02. The van der Waals surface area contributed by atoms with E-state index in [-0.39, 0.29) is 22.7 Å². The molecule has 0 heterocycles. The van der Waals surface area contributed by atoms with E-state index in [1.54, 1.807) is 41.2 Å². The monoisotopic (exact) mass is 480 g/mol. The smallest absolute Gasteiger partial charge is 0.193 e. The van der Waals surface area contributed by atoms with Crippen LogP contribution in [0.4, 0.5) is 11.4 Å². The van der Waals surface area contributed by atoms with Gasteiger partial charge < -0.3 is 11.5 Å². The number of rotatable bonds is 11. The van der Waals surface area contributed by atoms with Crippen molar-refractivity contribution >= 4 is 64.5 Å². The molecule has 0 aliphatic carbocycles. The number of nitrogens with two attached hydrogens (primary N) is 2. The lowest BCUT2D eigenvalue weighted by molar-refractivity contribution is 0.841. The summed E-state index contributed by atoms with van der Waals surface area (Å²) in [5, 5.41) is 16.1. The van der Waals surface area contributed by atoms with Gasteiger partial charge in [0.1, 0.15) is 0 Å². The van der Waals surface area contributed by atoms with E-state index in [0.29, 0.717) is 0 Å². The minimum Gasteiger partial charge on any atom is -0.370 e. The van der Waals surface area contributed by atoms with Gasteiger partial charge in [0.15, 0.2) is 11.9 Å². The van der Waals surface area contributed by atoms with Gasteiger partial charge in [-0.05, 0) is 56.8 Å². The fourth-order valence-electron chi connectivity index (χ4n) is 2.81. The molecule has 6 nitrogen and oxygen atoms in total. The molecule has 0 spiro atoms. The second kappa shape index (κ2) is 12.9. The van der Waals surface area contributed by atoms with Crippen LogP contribution in [0.2, 0.25) is 0 Å². The van der Waals surface area contributed by atoms with Gasteiger partial charge in [0.05, 0.1) is 10.7 Å². The Hall–Kier alpha value is -1.62. The zero-order valence-corrected chi connectivity index (χ0v) is 20.3. The van der Waals surface area contributed by atoms with Crippen LogP contribution in [0.1, 0.15) is 26.7 Å². The highest BCUT2D eigenvalue weighted by Crippen LogP contribution is 2.49. The molecule has 162 valence electrons. The number of benzene rings is 2. The Bertz CT molecular complexity index is 725. The molecule has 0 radical (unpaired) electrons. The van der Waals surface area contributed by atoms with Gasteiger partial charge in [0.2, 0.25) is 0 Å². The Morgan fingerprint density at radius 1 is 0.733 bits per heavy atom. The van der Waals surface area contributed by atoms with Crippen molar-refractivity contribution in [3.05, 3.63) is 60.7 Å². The van der Waals surface area contributed by atoms with Crippen molar-refractivity contribution in [2.75, 3.05) is 9.80 Å². The van der Waals surface area contributed by atoms with Gasteiger partial charge in [0.25, 0.3) is 0 Å². The molecule has 0 aliphatic rings. The molecule has 2 unspecified atom stereocenters. The number of anilines is 2. The Morgan fingerprint density at radius 3 is 1.33 bits per heavy atom. The Kier molecular flexibility index (Phi) is 10.6. The first kappa shape index (κ1) is 24.6. The second-order valence-corrected chi connectivity index (χ2v) is 12.4. The Balaban J connectivity index is 1.98. The molecular formula is C20H28N6S4. The normalized spacial score (nSPS) is 12.7. The van der Waals surface area contributed by atoms with E-state index in [2.05, 4.69) is 13.8 Å². The summed E-state index contributed by atoms with van der Waals surface area (Å²) in [5.41, 5.74) is 13.6. The molecule has 10 heteroatoms. The van der Waals surface area contributed by atoms with E-state index in [9.17, 15) is 0 Å². The highest BCUT2D eigenvalue weighted by atomic mass is 33.7. The van der Waals surface area contributed by atoms with E-state index in [1.165, 1.54) is 0 Å². The van der Waals surface area contributed by atoms with E-state index in [0.717, 1.165) is 24.2 Å². The van der Waals surface area contributed by atoms with Crippen LogP contribution in [0.3, 0.4) is 0 Å². The summed E-state index contributed by atoms with van der Waals surface area (Å²) in [4.78, 5) is 3.71. The lowest BCUT2D eigenvalue weighted by Gasteiger charge is -2.31. The molecule has 2 rings (SSSR count). The summed E-state index contributed by atoms with van der Waals surface area (Å²) in [7, 11) is 6.68. The molecule has 0 amide bonds. The number of nitrogens with zero attached hydrogens (tertiary/aromatic N) is 2. The minimum absolute atomic E-state index is 0.0390. The Morgan fingerprint density at radius 2 is 1.07 bits per heavy atom. The fourth-order valence-corrected chi connectivity index (χ4v) is 9.98. The van der Waals surface area contributed by atoms with Crippen LogP contribution in [0, 0.1) is 10.8 Å². The van der Waals surface area contributed by atoms with Crippen LogP contribution in [-0.2, 0) is 0 Å². The lowest BCUT2D eigenvalue weighted by atomic mass is 10.3. The number of hydrogen-bond donors (Lipinski definition) is 4. The average molecular weight is 481 g/mol. The van der Waals surface area contributed by atoms with Crippen molar-refractivity contribution in [3.63, 3.8) is 0 Å². The van der Waals surface area contributed by atoms with Gasteiger partial charge in [-0.1, -0.05) is 71.8 Å². The van der Waals surface area contributed by atoms with Crippen LogP contribution in [0.5, 0.6) is 0 Å². The predicted molar refractivity (Wildman–Crippen MR) is 140 cm³/mol. The lowest BCUT2D eigenvalue weighted by Crippen LogP contribution is -2.42. The highest BCUT2D eigenvalue weighted by Gasteiger charge is 2.23. The topological polar surface area (TPSA) is 106 Å². The van der Waals surface area contributed by atoms with Gasteiger partial charge in [0, 0.05) is 11.4 Å². The van der Waals surface area contributed by atoms with Crippen LogP contribution in [0.25, 0.3) is 0 Å². The molecule has 0 aromatic heterocycles. The van der Waals surface area contributed by atoms with Crippen LogP contribution in [-0.4, -0.2) is 22.7 Å². The first-order valence-corrected chi connectivity index (χ1v) is 14.5. The molecule has 30 heavy (non-hydrogen) atoms. The molecule has 0 fully saturated rings. The van der Waals surface area contributed by atoms with Crippen molar-refractivity contribution in [2.45, 2.75) is 37.4 Å². The minimum atomic E-state index is 0.0390. The molecule has 6 N–H and O–H groups in total. The quantitative estimate of drug-likeness (QED) is 0.103. The van der Waals surface area contributed by atoms with Crippen molar-refractivity contribution < 1.29 is 0 Å². The predicted octanol–water partition coefficient (Wildman–Crippen LogP) is 5.94. The summed E-state index contributed by atoms with van der Waals surface area (Å²) in [6.07, 6.45) is 1.69. The molecule has 2 atom stereocenters. The maximum atomic E-state index is 8.02. The van der Waals surface area contributed by atoms with Gasteiger partial charge in [-0.15, -0.1) is 0 Å². The summed E-state index contributed by atoms with van der Waals surface area (Å²) >= 11 is 0. The third-order valence-electron chi connectivity index (χ3n) is 4.19. The first-order valence-electron chi connectivity index (χ1n) is 9.51. The summed E-state index contributed by atoms with van der Waals surface area (Å²) in [5.74, 6) is 0.0779. The third-order valence-corrected chi connectivity index (χ3v) is 11.3. The number of guanidine groups is 2. The molecule has 2 aromatic rings. The molecule has 0 saturated carbocycles. The summed E-state index contributed by atoms with van der Waals surface area (Å²) < 4.78 is 0. The largest absolute Gasteiger partial charge is 0.370 e. The second-order valence-electron chi connectivity index (χ2n) is 6.24. The molecule has 0 bridgehead atoms. The summed E-state index contributed by atoms with van der Waals surface area (Å²) in [6, 6.07) is 19.6. The van der Waals surface area contributed by atoms with Crippen molar-refractivity contribution in [1.29, 1.82) is 10.8 Å². The highest BCUT2D eigenvalue weighted by molar-refractivity contribution is 9.26. The van der Waals surface area contributed by atoms with Crippen molar-refractivity contribution in [1.82, 2.24) is 0 Å². The molecule has 2 aromatic carbocycles. The number of nitrogens with one attached hydrogen (secondary N) is 2. The fraction of sp³-hybridized carbons (Fsp3) is 0.300. The van der Waals surface area contributed by atoms with Gasteiger partial charge >= 0.3 is 0 Å². The van der Waals surface area contributed by atoms with Crippen LogP contribution < -0.4 is 21.3 Å². The van der Waals surface area contributed by atoms with Gasteiger partial charge in [-0.2, -0.15) is 0 Å². The summed E-state index contributed by atoms with van der Waals surface area (Å²) in [6.45, 7) is 4.19. The SMILES string of the molecule is CCC(SSSSC(CC)N(C(=N)N)c1ccccc1)N(C(=N)N)c1ccccc1. The third kappa shape index (κ3) is 6.97. The van der Waals surface area contributed by atoms with Crippen LogP contribution >= 0.6 is 41.2 Å². The molecule has 0 aliphatic heterocycles. The zero-order valence-electron chi connectivity index (χ0n) is 17.0. The zero-order chi connectivity index (χ0) is 21.9. The maximum Gasteiger partial charge on any atom is 0.193 e. The average Bonchev–Trinajstić information content (AvgIpc) is 2.75. The van der Waals surface area contributed by atoms with E-state index >= 15 is 0 Å². The van der Waals surface area contributed by atoms with Gasteiger partial charge in [-0.25, -0.2) is 0 Å². The number of para-hydroxylation sites is 2.